The van der Waals surface area contributed by atoms with Gasteiger partial charge in [0, 0.05) is 22.3 Å². The summed E-state index contributed by atoms with van der Waals surface area (Å²) in [5.74, 6) is 1.36. The zero-order valence-electron chi connectivity index (χ0n) is 10.4. The van der Waals surface area contributed by atoms with Crippen molar-refractivity contribution in [1.29, 1.82) is 0 Å². The summed E-state index contributed by atoms with van der Waals surface area (Å²) in [6.07, 6.45) is 1.89. The van der Waals surface area contributed by atoms with E-state index in [4.69, 9.17) is 4.52 Å². The van der Waals surface area contributed by atoms with Crippen molar-refractivity contribution in [3.8, 4) is 10.7 Å². The molecule has 0 saturated carbocycles. The fourth-order valence-electron chi connectivity index (χ4n) is 1.59. The van der Waals surface area contributed by atoms with Gasteiger partial charge in [0.05, 0.1) is 4.88 Å². The molecule has 2 aromatic heterocycles. The highest BCUT2D eigenvalue weighted by atomic mass is 79.9. The normalized spacial score (nSPS) is 12.8. The molecule has 0 aliphatic rings. The summed E-state index contributed by atoms with van der Waals surface area (Å²) in [4.78, 5) is 5.43. The average molecular weight is 330 g/mol. The Labute approximate surface area is 119 Å². The molecule has 0 aliphatic carbocycles. The molecule has 0 aliphatic heterocycles. The monoisotopic (exact) mass is 329 g/mol. The number of aromatic nitrogens is 2. The van der Waals surface area contributed by atoms with Gasteiger partial charge in [-0.05, 0) is 41.9 Å². The van der Waals surface area contributed by atoms with Crippen LogP contribution in [0.25, 0.3) is 10.7 Å². The highest BCUT2D eigenvalue weighted by Crippen LogP contribution is 2.27. The van der Waals surface area contributed by atoms with Gasteiger partial charge in [0.2, 0.25) is 11.7 Å². The lowest BCUT2D eigenvalue weighted by molar-refractivity contribution is 0.362. The molecule has 0 radical (unpaired) electrons. The summed E-state index contributed by atoms with van der Waals surface area (Å²) in [6, 6.07) is 2.35. The Morgan fingerprint density at radius 1 is 1.56 bits per heavy atom. The minimum absolute atomic E-state index is 0.355. The fraction of sp³-hybridized carbons (Fsp3) is 0.500. The van der Waals surface area contributed by atoms with E-state index in [1.807, 2.05) is 11.4 Å². The van der Waals surface area contributed by atoms with Crippen molar-refractivity contribution >= 4 is 27.3 Å². The highest BCUT2D eigenvalue weighted by molar-refractivity contribution is 9.10. The zero-order valence-corrected chi connectivity index (χ0v) is 12.8. The van der Waals surface area contributed by atoms with Gasteiger partial charge in [-0.3, -0.25) is 0 Å². The van der Waals surface area contributed by atoms with Crippen LogP contribution in [0.5, 0.6) is 0 Å². The number of hydrogen-bond donors (Lipinski definition) is 1. The molecule has 0 bridgehead atoms. The van der Waals surface area contributed by atoms with E-state index in [1.54, 1.807) is 11.3 Å². The molecule has 2 heterocycles. The van der Waals surface area contributed by atoms with Crippen LogP contribution in [0.4, 0.5) is 0 Å². The Morgan fingerprint density at radius 2 is 2.39 bits per heavy atom. The molecule has 0 amide bonds. The van der Waals surface area contributed by atoms with E-state index in [0.29, 0.717) is 17.8 Å². The standard InChI is InChI=1S/C12H16BrN3OS/c1-3-4-14-8(2)5-11-15-12(16-17-11)10-6-9(13)7-18-10/h6-8,14H,3-5H2,1-2H3. The summed E-state index contributed by atoms with van der Waals surface area (Å²) in [5.41, 5.74) is 0. The maximum atomic E-state index is 5.27. The van der Waals surface area contributed by atoms with Crippen LogP contribution in [-0.2, 0) is 6.42 Å². The molecule has 6 heteroatoms. The quantitative estimate of drug-likeness (QED) is 0.881. The third-order valence-electron chi connectivity index (χ3n) is 2.48. The van der Waals surface area contributed by atoms with Gasteiger partial charge in [0.1, 0.15) is 0 Å². The van der Waals surface area contributed by atoms with E-state index in [0.717, 1.165) is 28.7 Å². The Kier molecular flexibility index (Phi) is 4.91. The molecule has 1 N–H and O–H groups in total. The van der Waals surface area contributed by atoms with Crippen molar-refractivity contribution in [2.24, 2.45) is 0 Å². The van der Waals surface area contributed by atoms with Gasteiger partial charge in [-0.1, -0.05) is 12.1 Å². The minimum atomic E-state index is 0.355. The Morgan fingerprint density at radius 3 is 3.06 bits per heavy atom. The van der Waals surface area contributed by atoms with Crippen LogP contribution < -0.4 is 5.32 Å². The van der Waals surface area contributed by atoms with Crippen LogP contribution in [0.15, 0.2) is 20.4 Å². The zero-order chi connectivity index (χ0) is 13.0. The predicted molar refractivity (Wildman–Crippen MR) is 76.8 cm³/mol. The van der Waals surface area contributed by atoms with Crippen LogP contribution in [-0.4, -0.2) is 22.7 Å². The van der Waals surface area contributed by atoms with Gasteiger partial charge in [-0.15, -0.1) is 11.3 Å². The topological polar surface area (TPSA) is 51.0 Å². The van der Waals surface area contributed by atoms with Crippen molar-refractivity contribution in [2.75, 3.05) is 6.54 Å². The molecule has 1 unspecified atom stereocenters. The average Bonchev–Trinajstić information content (AvgIpc) is 2.95. The van der Waals surface area contributed by atoms with E-state index < -0.39 is 0 Å². The first kappa shape index (κ1) is 13.7. The number of halogens is 1. The van der Waals surface area contributed by atoms with Crippen LogP contribution in [0.3, 0.4) is 0 Å². The predicted octanol–water partition coefficient (Wildman–Crippen LogP) is 3.49. The van der Waals surface area contributed by atoms with E-state index >= 15 is 0 Å². The molecule has 1 atom stereocenters. The second kappa shape index (κ2) is 6.45. The van der Waals surface area contributed by atoms with E-state index in [-0.39, 0.29) is 0 Å². The van der Waals surface area contributed by atoms with Crippen LogP contribution >= 0.6 is 27.3 Å². The molecular weight excluding hydrogens is 314 g/mol. The van der Waals surface area contributed by atoms with E-state index in [2.05, 4.69) is 45.2 Å². The second-order valence-corrected chi connectivity index (χ2v) is 6.03. The first-order valence-electron chi connectivity index (χ1n) is 5.99. The van der Waals surface area contributed by atoms with Gasteiger partial charge >= 0.3 is 0 Å². The molecule has 2 aromatic rings. The van der Waals surface area contributed by atoms with Gasteiger partial charge in [0.15, 0.2) is 0 Å². The lowest BCUT2D eigenvalue weighted by atomic mass is 10.2. The minimum Gasteiger partial charge on any atom is -0.339 e. The molecule has 0 spiro atoms. The number of nitrogens with one attached hydrogen (secondary N) is 1. The van der Waals surface area contributed by atoms with Crippen molar-refractivity contribution in [3.05, 3.63) is 21.8 Å². The third-order valence-corrected chi connectivity index (χ3v) is 4.17. The molecule has 0 saturated heterocycles. The van der Waals surface area contributed by atoms with Crippen LogP contribution in [0, 0.1) is 0 Å². The Hall–Kier alpha value is -0.720. The van der Waals surface area contributed by atoms with Crippen molar-refractivity contribution in [3.63, 3.8) is 0 Å². The van der Waals surface area contributed by atoms with Crippen molar-refractivity contribution in [2.45, 2.75) is 32.7 Å². The number of nitrogens with zero attached hydrogens (tertiary/aromatic N) is 2. The van der Waals surface area contributed by atoms with Crippen molar-refractivity contribution < 1.29 is 4.52 Å². The first-order chi connectivity index (χ1) is 8.69. The summed E-state index contributed by atoms with van der Waals surface area (Å²) < 4.78 is 6.32. The summed E-state index contributed by atoms with van der Waals surface area (Å²) in [6.45, 7) is 5.29. The third kappa shape index (κ3) is 3.63. The number of thiophene rings is 1. The van der Waals surface area contributed by atoms with Gasteiger partial charge in [-0.25, -0.2) is 0 Å². The van der Waals surface area contributed by atoms with Gasteiger partial charge < -0.3 is 9.84 Å². The van der Waals surface area contributed by atoms with Crippen LogP contribution in [0.1, 0.15) is 26.2 Å². The maximum Gasteiger partial charge on any atom is 0.228 e. The number of hydrogen-bond acceptors (Lipinski definition) is 5. The maximum absolute atomic E-state index is 5.27. The Balaban J connectivity index is 1.98. The Bertz CT molecular complexity index is 497. The largest absolute Gasteiger partial charge is 0.339 e. The molecular formula is C12H16BrN3OS. The molecule has 18 heavy (non-hydrogen) atoms. The molecule has 4 nitrogen and oxygen atoms in total. The fourth-order valence-corrected chi connectivity index (χ4v) is 2.94. The lowest BCUT2D eigenvalue weighted by Gasteiger charge is -2.09. The van der Waals surface area contributed by atoms with E-state index in [1.165, 1.54) is 0 Å². The van der Waals surface area contributed by atoms with E-state index in [9.17, 15) is 0 Å². The summed E-state index contributed by atoms with van der Waals surface area (Å²) in [7, 11) is 0. The second-order valence-electron chi connectivity index (χ2n) is 4.20. The molecule has 0 aromatic carbocycles. The summed E-state index contributed by atoms with van der Waals surface area (Å²) in [5, 5.41) is 9.42. The lowest BCUT2D eigenvalue weighted by Crippen LogP contribution is -2.28. The first-order valence-corrected chi connectivity index (χ1v) is 7.66. The van der Waals surface area contributed by atoms with Gasteiger partial charge in [0.25, 0.3) is 0 Å². The van der Waals surface area contributed by atoms with Gasteiger partial charge in [-0.2, -0.15) is 4.98 Å². The SMILES string of the molecule is CCCNC(C)Cc1nc(-c2cc(Br)cs2)no1. The summed E-state index contributed by atoms with van der Waals surface area (Å²) >= 11 is 5.02. The molecule has 2 rings (SSSR count). The van der Waals surface area contributed by atoms with Crippen LogP contribution in [0.2, 0.25) is 0 Å². The molecule has 0 fully saturated rings. The number of rotatable bonds is 6. The van der Waals surface area contributed by atoms with Crippen molar-refractivity contribution in [1.82, 2.24) is 15.5 Å². The highest BCUT2D eigenvalue weighted by Gasteiger charge is 2.12. The molecule has 98 valence electrons. The smallest absolute Gasteiger partial charge is 0.228 e.